The Bertz CT molecular complexity index is 1410. The summed E-state index contributed by atoms with van der Waals surface area (Å²) in [6.45, 7) is 0.610. The Kier molecular flexibility index (Phi) is 5.40. The highest BCUT2D eigenvalue weighted by atomic mass is 19.1. The van der Waals surface area contributed by atoms with E-state index >= 15 is 0 Å². The minimum absolute atomic E-state index is 0.269. The molecule has 6 nitrogen and oxygen atoms in total. The van der Waals surface area contributed by atoms with Gasteiger partial charge in [-0.15, -0.1) is 5.10 Å². The third-order valence-electron chi connectivity index (χ3n) is 5.28. The maximum Gasteiger partial charge on any atom is 0.225 e. The second-order valence-electron chi connectivity index (χ2n) is 7.54. The molecule has 0 bridgehead atoms. The predicted molar refractivity (Wildman–Crippen MR) is 125 cm³/mol. The summed E-state index contributed by atoms with van der Waals surface area (Å²) in [7, 11) is 0. The van der Waals surface area contributed by atoms with Gasteiger partial charge in [-0.25, -0.2) is 18.4 Å². The van der Waals surface area contributed by atoms with E-state index in [1.807, 2.05) is 18.2 Å². The molecule has 0 atom stereocenters. The van der Waals surface area contributed by atoms with Crippen LogP contribution in [-0.2, 0) is 6.42 Å². The van der Waals surface area contributed by atoms with Crippen molar-refractivity contribution in [3.63, 3.8) is 0 Å². The van der Waals surface area contributed by atoms with Gasteiger partial charge in [0, 0.05) is 12.1 Å². The number of hydrogen-bond acceptors (Lipinski definition) is 5. The number of anilines is 2. The molecule has 0 radical (unpaired) electrons. The van der Waals surface area contributed by atoms with Gasteiger partial charge in [0.25, 0.3) is 0 Å². The lowest BCUT2D eigenvalue weighted by Gasteiger charge is -2.09. The number of fused-ring (bicyclic) bond motifs is 1. The van der Waals surface area contributed by atoms with Crippen LogP contribution in [0.5, 0.6) is 0 Å². The molecule has 3 aromatic carbocycles. The Morgan fingerprint density at radius 2 is 1.64 bits per heavy atom. The van der Waals surface area contributed by atoms with Gasteiger partial charge in [-0.1, -0.05) is 36.4 Å². The molecule has 0 amide bonds. The highest BCUT2D eigenvalue weighted by Gasteiger charge is 2.19. The van der Waals surface area contributed by atoms with Crippen molar-refractivity contribution in [3.8, 4) is 16.9 Å². The first-order valence-corrected chi connectivity index (χ1v) is 10.4. The second kappa shape index (κ2) is 8.66. The molecular weight excluding hydrogens is 422 g/mol. The molecule has 5 rings (SSSR count). The highest BCUT2D eigenvalue weighted by Crippen LogP contribution is 2.33. The lowest BCUT2D eigenvalue weighted by molar-refractivity contribution is 0.625. The van der Waals surface area contributed by atoms with Crippen LogP contribution in [0.15, 0.2) is 78.9 Å². The van der Waals surface area contributed by atoms with Gasteiger partial charge >= 0.3 is 0 Å². The number of benzene rings is 3. The number of nitrogens with one attached hydrogen (secondary N) is 1. The summed E-state index contributed by atoms with van der Waals surface area (Å²) < 4.78 is 28.8. The van der Waals surface area contributed by atoms with Gasteiger partial charge in [-0.3, -0.25) is 0 Å². The van der Waals surface area contributed by atoms with Gasteiger partial charge in [0.15, 0.2) is 5.65 Å². The average molecular weight is 442 g/mol. The first-order valence-electron chi connectivity index (χ1n) is 10.4. The minimum atomic E-state index is -0.403. The maximum absolute atomic E-state index is 13.8. The zero-order valence-electron chi connectivity index (χ0n) is 17.5. The molecule has 2 aromatic heterocycles. The Labute approximate surface area is 188 Å². The summed E-state index contributed by atoms with van der Waals surface area (Å²) in [6, 6.07) is 22.0. The van der Waals surface area contributed by atoms with Crippen molar-refractivity contribution in [2.75, 3.05) is 17.6 Å². The SMILES string of the molecule is Nc1c2c(-c3ccc(F)cc3)nc(NCCc3ccccc3)nc2nn1-c1cccc(F)c1. The van der Waals surface area contributed by atoms with Crippen LogP contribution in [0.1, 0.15) is 5.56 Å². The summed E-state index contributed by atoms with van der Waals surface area (Å²) >= 11 is 0. The molecular formula is C25H20F2N6. The maximum atomic E-state index is 13.8. The van der Waals surface area contributed by atoms with E-state index in [2.05, 4.69) is 32.5 Å². The van der Waals surface area contributed by atoms with Gasteiger partial charge in [0.05, 0.1) is 16.8 Å². The summed E-state index contributed by atoms with van der Waals surface area (Å²) in [5, 5.41) is 8.27. The van der Waals surface area contributed by atoms with Crippen LogP contribution >= 0.6 is 0 Å². The van der Waals surface area contributed by atoms with Crippen LogP contribution in [0.4, 0.5) is 20.5 Å². The summed E-state index contributed by atoms with van der Waals surface area (Å²) in [4.78, 5) is 9.20. The first kappa shape index (κ1) is 20.6. The topological polar surface area (TPSA) is 81.7 Å². The zero-order chi connectivity index (χ0) is 22.8. The molecule has 2 heterocycles. The fourth-order valence-corrected chi connectivity index (χ4v) is 3.68. The van der Waals surface area contributed by atoms with Crippen LogP contribution < -0.4 is 11.1 Å². The number of halogens is 2. The Hall–Kier alpha value is -4.33. The Morgan fingerprint density at radius 3 is 2.39 bits per heavy atom. The van der Waals surface area contributed by atoms with Gasteiger partial charge in [0.2, 0.25) is 5.95 Å². The van der Waals surface area contributed by atoms with Crippen LogP contribution in [0, 0.1) is 11.6 Å². The molecule has 5 aromatic rings. The van der Waals surface area contributed by atoms with Crippen molar-refractivity contribution in [2.24, 2.45) is 0 Å². The number of hydrogen-bond donors (Lipinski definition) is 2. The summed E-state index contributed by atoms with van der Waals surface area (Å²) in [5.74, 6) is -0.110. The molecule has 3 N–H and O–H groups in total. The number of nitrogen functional groups attached to an aromatic ring is 1. The van der Waals surface area contributed by atoms with E-state index in [1.54, 1.807) is 24.3 Å². The van der Waals surface area contributed by atoms with Gasteiger partial charge in [-0.05, 0) is 54.4 Å². The average Bonchev–Trinajstić information content (AvgIpc) is 3.16. The van der Waals surface area contributed by atoms with Gasteiger partial charge in [-0.2, -0.15) is 4.98 Å². The molecule has 0 aliphatic rings. The predicted octanol–water partition coefficient (Wildman–Crippen LogP) is 5.00. The van der Waals surface area contributed by atoms with E-state index in [4.69, 9.17) is 5.73 Å². The molecule has 0 fully saturated rings. The fraction of sp³-hybridized carbons (Fsp3) is 0.0800. The van der Waals surface area contributed by atoms with Crippen LogP contribution in [-0.4, -0.2) is 26.3 Å². The summed E-state index contributed by atoms with van der Waals surface area (Å²) in [6.07, 6.45) is 0.786. The van der Waals surface area contributed by atoms with E-state index in [9.17, 15) is 8.78 Å². The number of nitrogens with two attached hydrogens (primary N) is 1. The third-order valence-corrected chi connectivity index (χ3v) is 5.28. The number of rotatable bonds is 6. The number of nitrogens with zero attached hydrogens (tertiary/aromatic N) is 4. The van der Waals surface area contributed by atoms with Crippen molar-refractivity contribution in [2.45, 2.75) is 6.42 Å². The molecule has 33 heavy (non-hydrogen) atoms. The molecule has 0 saturated heterocycles. The molecule has 8 heteroatoms. The summed E-state index contributed by atoms with van der Waals surface area (Å²) in [5.41, 5.74) is 9.61. The van der Waals surface area contributed by atoms with E-state index in [0.29, 0.717) is 40.5 Å². The largest absolute Gasteiger partial charge is 0.383 e. The van der Waals surface area contributed by atoms with Crippen LogP contribution in [0.2, 0.25) is 0 Å². The van der Waals surface area contributed by atoms with E-state index < -0.39 is 5.82 Å². The first-order chi connectivity index (χ1) is 16.1. The van der Waals surface area contributed by atoms with Crippen LogP contribution in [0.3, 0.4) is 0 Å². The fourth-order valence-electron chi connectivity index (χ4n) is 3.68. The van der Waals surface area contributed by atoms with Crippen LogP contribution in [0.25, 0.3) is 28.0 Å². The monoisotopic (exact) mass is 442 g/mol. The Balaban J connectivity index is 1.58. The second-order valence-corrected chi connectivity index (χ2v) is 7.54. The smallest absolute Gasteiger partial charge is 0.225 e. The van der Waals surface area contributed by atoms with Crippen molar-refractivity contribution < 1.29 is 8.78 Å². The lowest BCUT2D eigenvalue weighted by atomic mass is 10.1. The number of aromatic nitrogens is 4. The third kappa shape index (κ3) is 4.23. The van der Waals surface area contributed by atoms with E-state index in [-0.39, 0.29) is 11.6 Å². The van der Waals surface area contributed by atoms with Crippen molar-refractivity contribution in [1.29, 1.82) is 0 Å². The van der Waals surface area contributed by atoms with Crippen molar-refractivity contribution in [1.82, 2.24) is 19.7 Å². The molecule has 0 spiro atoms. The van der Waals surface area contributed by atoms with E-state index in [1.165, 1.54) is 34.5 Å². The van der Waals surface area contributed by atoms with E-state index in [0.717, 1.165) is 6.42 Å². The zero-order valence-corrected chi connectivity index (χ0v) is 17.5. The molecule has 0 saturated carbocycles. The molecule has 0 aliphatic heterocycles. The quantitative estimate of drug-likeness (QED) is 0.387. The normalized spacial score (nSPS) is 11.1. The molecule has 0 aliphatic carbocycles. The minimum Gasteiger partial charge on any atom is -0.383 e. The lowest BCUT2D eigenvalue weighted by Crippen LogP contribution is -2.08. The van der Waals surface area contributed by atoms with Crippen molar-refractivity contribution >= 4 is 22.8 Å². The molecule has 0 unspecified atom stereocenters. The highest BCUT2D eigenvalue weighted by molar-refractivity contribution is 5.99. The molecule has 164 valence electrons. The van der Waals surface area contributed by atoms with Gasteiger partial charge < -0.3 is 11.1 Å². The van der Waals surface area contributed by atoms with Crippen molar-refractivity contribution in [3.05, 3.63) is 96.1 Å². The standard InChI is InChI=1S/C25H20F2N6/c26-18-11-9-17(10-12-18)22-21-23(28)33(20-8-4-7-19(27)15-20)32-24(21)31-25(30-22)29-14-13-16-5-2-1-3-6-16/h1-12,15H,13-14,28H2,(H,29,31,32). The Morgan fingerprint density at radius 1 is 0.848 bits per heavy atom. The van der Waals surface area contributed by atoms with Gasteiger partial charge in [0.1, 0.15) is 17.5 Å².